The number of hydrogen-bond donors (Lipinski definition) is 1. The Morgan fingerprint density at radius 2 is 1.81 bits per heavy atom. The van der Waals surface area contributed by atoms with Gasteiger partial charge in [0.1, 0.15) is 0 Å². The van der Waals surface area contributed by atoms with Crippen LogP contribution in [0.4, 0.5) is 0 Å². The summed E-state index contributed by atoms with van der Waals surface area (Å²) in [5.74, 6) is 0.884. The monoisotopic (exact) mass is 306 g/mol. The van der Waals surface area contributed by atoms with Gasteiger partial charge in [0.25, 0.3) is 0 Å². The lowest BCUT2D eigenvalue weighted by Gasteiger charge is -2.37. The molecule has 2 fully saturated rings. The first-order valence-corrected chi connectivity index (χ1v) is 8.37. The fraction of sp³-hybridized carbons (Fsp3) is 0.588. The minimum atomic E-state index is 0.268. The van der Waals surface area contributed by atoms with Gasteiger partial charge in [-0.2, -0.15) is 0 Å². The lowest BCUT2D eigenvalue weighted by atomic mass is 9.76. The highest BCUT2D eigenvalue weighted by Gasteiger charge is 2.30. The van der Waals surface area contributed by atoms with Crippen LogP contribution in [0.3, 0.4) is 0 Å². The van der Waals surface area contributed by atoms with E-state index in [2.05, 4.69) is 17.4 Å². The average Bonchev–Trinajstić information content (AvgIpc) is 2.48. The maximum atomic E-state index is 12.1. The first-order chi connectivity index (χ1) is 10.2. The minimum Gasteiger partial charge on any atom is -0.342 e. The van der Waals surface area contributed by atoms with Gasteiger partial charge >= 0.3 is 0 Å². The number of piperidine rings is 1. The summed E-state index contributed by atoms with van der Waals surface area (Å²) in [5, 5.41) is 4.20. The van der Waals surface area contributed by atoms with E-state index in [1.165, 1.54) is 12.0 Å². The van der Waals surface area contributed by atoms with Crippen molar-refractivity contribution in [1.29, 1.82) is 0 Å². The van der Waals surface area contributed by atoms with Crippen LogP contribution in [0.25, 0.3) is 0 Å². The van der Waals surface area contributed by atoms with E-state index in [-0.39, 0.29) is 5.91 Å². The van der Waals surface area contributed by atoms with Gasteiger partial charge < -0.3 is 10.2 Å². The molecule has 114 valence electrons. The van der Waals surface area contributed by atoms with Gasteiger partial charge in [0.2, 0.25) is 5.91 Å². The van der Waals surface area contributed by atoms with Gasteiger partial charge in [-0.25, -0.2) is 0 Å². The summed E-state index contributed by atoms with van der Waals surface area (Å²) < 4.78 is 0. The van der Waals surface area contributed by atoms with Crippen molar-refractivity contribution in [2.75, 3.05) is 19.6 Å². The molecule has 2 aliphatic rings. The third-order valence-corrected chi connectivity index (χ3v) is 4.98. The Morgan fingerprint density at radius 1 is 1.14 bits per heavy atom. The van der Waals surface area contributed by atoms with Crippen LogP contribution in [-0.2, 0) is 4.79 Å². The number of nitrogens with zero attached hydrogens (tertiary/aromatic N) is 1. The molecule has 0 spiro atoms. The Kier molecular flexibility index (Phi) is 4.81. The Morgan fingerprint density at radius 3 is 2.48 bits per heavy atom. The van der Waals surface area contributed by atoms with E-state index in [0.717, 1.165) is 43.8 Å². The predicted octanol–water partition coefficient (Wildman–Crippen LogP) is 3.19. The molecule has 21 heavy (non-hydrogen) atoms. The molecule has 0 aromatic heterocycles. The van der Waals surface area contributed by atoms with E-state index in [1.54, 1.807) is 0 Å². The Bertz CT molecular complexity index is 476. The zero-order chi connectivity index (χ0) is 14.7. The molecule has 1 aromatic rings. The molecule has 1 amide bonds. The van der Waals surface area contributed by atoms with E-state index in [0.29, 0.717) is 18.5 Å². The SMILES string of the molecule is O=C(CNC1CC(c2ccc(Cl)cc2)C1)N1CCCCC1. The van der Waals surface area contributed by atoms with Crippen molar-refractivity contribution in [2.24, 2.45) is 0 Å². The van der Waals surface area contributed by atoms with Crippen molar-refractivity contribution in [3.63, 3.8) is 0 Å². The van der Waals surface area contributed by atoms with Crippen LogP contribution >= 0.6 is 11.6 Å². The number of rotatable bonds is 4. The molecule has 3 rings (SSSR count). The lowest BCUT2D eigenvalue weighted by Crippen LogP contribution is -2.47. The molecule has 0 atom stereocenters. The summed E-state index contributed by atoms with van der Waals surface area (Å²) in [7, 11) is 0. The number of carbonyl (C=O) groups excluding carboxylic acids is 1. The van der Waals surface area contributed by atoms with Crippen LogP contribution in [0, 0.1) is 0 Å². The van der Waals surface area contributed by atoms with E-state index in [9.17, 15) is 4.79 Å². The summed E-state index contributed by atoms with van der Waals surface area (Å²) >= 11 is 5.91. The number of carbonyl (C=O) groups is 1. The summed E-state index contributed by atoms with van der Waals surface area (Å²) in [6.45, 7) is 2.38. The molecule has 0 bridgehead atoms. The highest BCUT2D eigenvalue weighted by molar-refractivity contribution is 6.30. The van der Waals surface area contributed by atoms with E-state index in [1.807, 2.05) is 17.0 Å². The van der Waals surface area contributed by atoms with Crippen molar-refractivity contribution >= 4 is 17.5 Å². The van der Waals surface area contributed by atoms with Crippen molar-refractivity contribution < 1.29 is 4.79 Å². The van der Waals surface area contributed by atoms with E-state index >= 15 is 0 Å². The predicted molar refractivity (Wildman–Crippen MR) is 85.6 cm³/mol. The van der Waals surface area contributed by atoms with Crippen LogP contribution in [0.2, 0.25) is 5.02 Å². The first-order valence-electron chi connectivity index (χ1n) is 7.99. The van der Waals surface area contributed by atoms with E-state index < -0.39 is 0 Å². The average molecular weight is 307 g/mol. The minimum absolute atomic E-state index is 0.268. The normalized spacial score (nSPS) is 25.5. The van der Waals surface area contributed by atoms with Crippen molar-refractivity contribution in [2.45, 2.75) is 44.1 Å². The zero-order valence-corrected chi connectivity index (χ0v) is 13.1. The van der Waals surface area contributed by atoms with Crippen LogP contribution in [0.15, 0.2) is 24.3 Å². The Balaban J connectivity index is 1.38. The molecule has 1 aromatic carbocycles. The van der Waals surface area contributed by atoms with Gasteiger partial charge in [-0.3, -0.25) is 4.79 Å². The number of halogens is 1. The third-order valence-electron chi connectivity index (χ3n) is 4.73. The summed E-state index contributed by atoms with van der Waals surface area (Å²) in [5.41, 5.74) is 1.36. The first kappa shape index (κ1) is 14.9. The van der Waals surface area contributed by atoms with Crippen LogP contribution in [0.5, 0.6) is 0 Å². The number of hydrogen-bond acceptors (Lipinski definition) is 2. The van der Waals surface area contributed by atoms with Crippen LogP contribution in [0.1, 0.15) is 43.6 Å². The molecule has 1 N–H and O–H groups in total. The van der Waals surface area contributed by atoms with Gasteiger partial charge in [0, 0.05) is 24.2 Å². The van der Waals surface area contributed by atoms with Crippen molar-refractivity contribution in [3.8, 4) is 0 Å². The van der Waals surface area contributed by atoms with Gasteiger partial charge in [-0.15, -0.1) is 0 Å². The van der Waals surface area contributed by atoms with Gasteiger partial charge in [0.05, 0.1) is 6.54 Å². The fourth-order valence-corrected chi connectivity index (χ4v) is 3.40. The molecule has 1 aliphatic carbocycles. The maximum Gasteiger partial charge on any atom is 0.236 e. The van der Waals surface area contributed by atoms with Gasteiger partial charge in [-0.1, -0.05) is 23.7 Å². The van der Waals surface area contributed by atoms with Crippen LogP contribution < -0.4 is 5.32 Å². The highest BCUT2D eigenvalue weighted by Crippen LogP contribution is 2.37. The standard InChI is InChI=1S/C17H23ClN2O/c18-15-6-4-13(5-7-15)14-10-16(11-14)19-12-17(21)20-8-2-1-3-9-20/h4-7,14,16,19H,1-3,8-12H2. The molecule has 1 saturated carbocycles. The van der Waals surface area contributed by atoms with Crippen LogP contribution in [-0.4, -0.2) is 36.5 Å². The molecular formula is C17H23ClN2O. The quantitative estimate of drug-likeness (QED) is 0.926. The molecule has 0 radical (unpaired) electrons. The molecular weight excluding hydrogens is 284 g/mol. The van der Waals surface area contributed by atoms with E-state index in [4.69, 9.17) is 11.6 Å². The summed E-state index contributed by atoms with van der Waals surface area (Å²) in [4.78, 5) is 14.1. The molecule has 4 heteroatoms. The van der Waals surface area contributed by atoms with Gasteiger partial charge in [-0.05, 0) is 55.7 Å². The maximum absolute atomic E-state index is 12.1. The number of amides is 1. The molecule has 1 heterocycles. The molecule has 0 unspecified atom stereocenters. The third kappa shape index (κ3) is 3.78. The smallest absolute Gasteiger partial charge is 0.236 e. The second-order valence-corrected chi connectivity index (χ2v) is 6.68. The summed E-state index contributed by atoms with van der Waals surface area (Å²) in [6, 6.07) is 8.62. The fourth-order valence-electron chi connectivity index (χ4n) is 3.28. The van der Waals surface area contributed by atoms with Gasteiger partial charge in [0.15, 0.2) is 0 Å². The molecule has 1 aliphatic heterocycles. The zero-order valence-electron chi connectivity index (χ0n) is 12.4. The highest BCUT2D eigenvalue weighted by atomic mass is 35.5. The van der Waals surface area contributed by atoms with Crippen molar-refractivity contribution in [1.82, 2.24) is 10.2 Å². The number of nitrogens with one attached hydrogen (secondary N) is 1. The Labute approximate surface area is 131 Å². The largest absolute Gasteiger partial charge is 0.342 e. The Hall–Kier alpha value is -1.06. The number of benzene rings is 1. The number of likely N-dealkylation sites (tertiary alicyclic amines) is 1. The second kappa shape index (κ2) is 6.80. The molecule has 1 saturated heterocycles. The lowest BCUT2D eigenvalue weighted by molar-refractivity contribution is -0.131. The van der Waals surface area contributed by atoms with Crippen molar-refractivity contribution in [3.05, 3.63) is 34.9 Å². The molecule has 3 nitrogen and oxygen atoms in total. The second-order valence-electron chi connectivity index (χ2n) is 6.24. The summed E-state index contributed by atoms with van der Waals surface area (Å²) in [6.07, 6.45) is 5.83. The topological polar surface area (TPSA) is 32.3 Å².